The second-order valence-corrected chi connectivity index (χ2v) is 7.93. The summed E-state index contributed by atoms with van der Waals surface area (Å²) in [6, 6.07) is 6.77. The highest BCUT2D eigenvalue weighted by atomic mass is 16.6. The highest BCUT2D eigenvalue weighted by Crippen LogP contribution is 2.47. The average Bonchev–Trinajstić information content (AvgIpc) is 2.62. The number of rotatable bonds is 2. The lowest BCUT2D eigenvalue weighted by Crippen LogP contribution is -2.56. The van der Waals surface area contributed by atoms with E-state index in [2.05, 4.69) is 4.90 Å². The van der Waals surface area contributed by atoms with Gasteiger partial charge in [-0.15, -0.1) is 0 Å². The van der Waals surface area contributed by atoms with Crippen LogP contribution >= 0.6 is 0 Å². The smallest absolute Gasteiger partial charge is 0.336 e. The summed E-state index contributed by atoms with van der Waals surface area (Å²) < 4.78 is 17.6. The fourth-order valence-corrected chi connectivity index (χ4v) is 4.33. The van der Waals surface area contributed by atoms with Crippen molar-refractivity contribution in [1.29, 1.82) is 0 Å². The van der Waals surface area contributed by atoms with Crippen molar-refractivity contribution in [3.8, 4) is 5.75 Å². The molecule has 0 N–H and O–H groups in total. The third-order valence-electron chi connectivity index (χ3n) is 5.51. The van der Waals surface area contributed by atoms with E-state index in [4.69, 9.17) is 13.9 Å². The van der Waals surface area contributed by atoms with Gasteiger partial charge in [-0.05, 0) is 58.0 Å². The van der Waals surface area contributed by atoms with Gasteiger partial charge in [-0.1, -0.05) is 6.42 Å². The molecule has 27 heavy (non-hydrogen) atoms. The Morgan fingerprint density at radius 3 is 2.56 bits per heavy atom. The lowest BCUT2D eigenvalue weighted by molar-refractivity contribution is -0.169. The van der Waals surface area contributed by atoms with E-state index in [0.29, 0.717) is 11.3 Å². The van der Waals surface area contributed by atoms with Crippen LogP contribution in [-0.4, -0.2) is 35.7 Å². The maximum absolute atomic E-state index is 11.9. The first-order chi connectivity index (χ1) is 12.9. The van der Waals surface area contributed by atoms with Crippen LogP contribution in [0.2, 0.25) is 0 Å². The van der Waals surface area contributed by atoms with Gasteiger partial charge in [-0.3, -0.25) is 9.69 Å². The zero-order chi connectivity index (χ0) is 19.2. The predicted octanol–water partition coefficient (Wildman–Crippen LogP) is 3.42. The van der Waals surface area contributed by atoms with Crippen LogP contribution in [0.3, 0.4) is 0 Å². The number of ether oxygens (including phenoxy) is 2. The molecule has 0 spiro atoms. The molecule has 1 aromatic heterocycles. The molecule has 0 saturated carbocycles. The van der Waals surface area contributed by atoms with E-state index in [-0.39, 0.29) is 12.0 Å². The Hall–Kier alpha value is -2.34. The predicted molar refractivity (Wildman–Crippen MR) is 101 cm³/mol. The van der Waals surface area contributed by atoms with E-state index < -0.39 is 17.3 Å². The van der Waals surface area contributed by atoms with Crippen molar-refractivity contribution in [2.24, 2.45) is 0 Å². The van der Waals surface area contributed by atoms with Crippen LogP contribution in [0.25, 0.3) is 11.0 Å². The fourth-order valence-electron chi connectivity index (χ4n) is 4.33. The Labute approximate surface area is 158 Å². The molecule has 6 nitrogen and oxygen atoms in total. The molecule has 1 aromatic carbocycles. The van der Waals surface area contributed by atoms with Crippen molar-refractivity contribution in [2.75, 3.05) is 13.1 Å². The molecule has 3 heterocycles. The molecule has 4 rings (SSSR count). The van der Waals surface area contributed by atoms with Crippen molar-refractivity contribution < 1.29 is 18.7 Å². The van der Waals surface area contributed by atoms with Crippen molar-refractivity contribution >= 4 is 16.9 Å². The summed E-state index contributed by atoms with van der Waals surface area (Å²) in [6.45, 7) is 7.11. The Morgan fingerprint density at radius 1 is 1.15 bits per heavy atom. The van der Waals surface area contributed by atoms with Crippen LogP contribution in [0.5, 0.6) is 5.75 Å². The van der Waals surface area contributed by atoms with Gasteiger partial charge in [-0.2, -0.15) is 0 Å². The van der Waals surface area contributed by atoms with Crippen LogP contribution in [0, 0.1) is 0 Å². The largest absolute Gasteiger partial charge is 0.483 e. The van der Waals surface area contributed by atoms with Gasteiger partial charge < -0.3 is 13.9 Å². The summed E-state index contributed by atoms with van der Waals surface area (Å²) in [5.41, 5.74) is 0.215. The minimum atomic E-state index is -0.705. The van der Waals surface area contributed by atoms with Gasteiger partial charge >= 0.3 is 11.6 Å². The quantitative estimate of drug-likeness (QED) is 0.595. The lowest BCUT2D eigenvalue weighted by atomic mass is 9.83. The minimum absolute atomic E-state index is 0.220. The molecular weight excluding hydrogens is 346 g/mol. The molecule has 1 fully saturated rings. The maximum atomic E-state index is 11.9. The van der Waals surface area contributed by atoms with Gasteiger partial charge in [0, 0.05) is 18.4 Å². The average molecular weight is 371 g/mol. The number of piperidine rings is 1. The Balaban J connectivity index is 1.95. The van der Waals surface area contributed by atoms with Crippen molar-refractivity contribution in [2.45, 2.75) is 57.8 Å². The first kappa shape index (κ1) is 18.0. The topological polar surface area (TPSA) is 69.0 Å². The van der Waals surface area contributed by atoms with Crippen molar-refractivity contribution in [1.82, 2.24) is 4.90 Å². The zero-order valence-electron chi connectivity index (χ0n) is 16.0. The summed E-state index contributed by atoms with van der Waals surface area (Å²) >= 11 is 0. The summed E-state index contributed by atoms with van der Waals surface area (Å²) in [6.07, 6.45) is 2.87. The number of carbonyl (C=O) groups is 1. The van der Waals surface area contributed by atoms with Gasteiger partial charge in [0.05, 0.1) is 11.6 Å². The van der Waals surface area contributed by atoms with Gasteiger partial charge in [0.25, 0.3) is 0 Å². The molecular formula is C21H25NO5. The van der Waals surface area contributed by atoms with E-state index in [9.17, 15) is 9.59 Å². The summed E-state index contributed by atoms with van der Waals surface area (Å²) in [5, 5.41) is 0.834. The Kier molecular flexibility index (Phi) is 4.46. The number of nitrogens with zero attached hydrogens (tertiary/aromatic N) is 1. The number of likely N-dealkylation sites (tertiary alicyclic amines) is 1. The number of esters is 1. The number of carbonyl (C=O) groups excluding carboxylic acids is 1. The number of hydrogen-bond acceptors (Lipinski definition) is 6. The first-order valence-corrected chi connectivity index (χ1v) is 9.54. The molecule has 2 aliphatic rings. The fraction of sp³-hybridized carbons (Fsp3) is 0.524. The van der Waals surface area contributed by atoms with Crippen molar-refractivity contribution in [3.63, 3.8) is 0 Å². The molecule has 0 bridgehead atoms. The van der Waals surface area contributed by atoms with E-state index >= 15 is 0 Å². The van der Waals surface area contributed by atoms with E-state index in [1.54, 1.807) is 6.07 Å². The molecule has 0 aliphatic carbocycles. The number of hydrogen-bond donors (Lipinski definition) is 0. The van der Waals surface area contributed by atoms with Gasteiger partial charge in [-0.25, -0.2) is 4.79 Å². The molecule has 0 amide bonds. The van der Waals surface area contributed by atoms with Crippen LogP contribution in [-0.2, 0) is 9.53 Å². The Morgan fingerprint density at radius 2 is 1.85 bits per heavy atom. The summed E-state index contributed by atoms with van der Waals surface area (Å²) in [4.78, 5) is 26.2. The standard InChI is InChI=1S/C21H25NO5/c1-13(23)25-20-18(22-11-5-4-6-12-22)17-15(27-21(20,2)3)9-7-14-8-10-16(24)26-19(14)17/h7-10,18,20H,4-6,11-12H2,1-3H3. The SMILES string of the molecule is CC(=O)OC1C(N2CCCCC2)c2c(ccc3ccc(=O)oc23)OC1(C)C. The molecule has 6 heteroatoms. The number of benzene rings is 1. The van der Waals surface area contributed by atoms with Gasteiger partial charge in [0.1, 0.15) is 16.9 Å². The first-order valence-electron chi connectivity index (χ1n) is 9.54. The van der Waals surface area contributed by atoms with E-state index in [1.165, 1.54) is 19.4 Å². The third-order valence-corrected chi connectivity index (χ3v) is 5.51. The molecule has 1 saturated heterocycles. The van der Waals surface area contributed by atoms with Crippen molar-refractivity contribution in [3.05, 3.63) is 40.2 Å². The summed E-state index contributed by atoms with van der Waals surface area (Å²) in [5.74, 6) is 0.338. The molecule has 144 valence electrons. The molecule has 2 aliphatic heterocycles. The second kappa shape index (κ2) is 6.68. The van der Waals surface area contributed by atoms with E-state index in [1.807, 2.05) is 26.0 Å². The highest BCUT2D eigenvalue weighted by Gasteiger charge is 2.49. The van der Waals surface area contributed by atoms with Gasteiger partial charge in [0.15, 0.2) is 6.10 Å². The van der Waals surface area contributed by atoms with Crippen LogP contribution in [0.15, 0.2) is 33.5 Å². The highest BCUT2D eigenvalue weighted by molar-refractivity contribution is 5.83. The van der Waals surface area contributed by atoms with Crippen LogP contribution < -0.4 is 10.4 Å². The second-order valence-electron chi connectivity index (χ2n) is 7.93. The third kappa shape index (κ3) is 3.23. The summed E-state index contributed by atoms with van der Waals surface area (Å²) in [7, 11) is 0. The van der Waals surface area contributed by atoms with Crippen LogP contribution in [0.1, 0.15) is 51.6 Å². The minimum Gasteiger partial charge on any atom is -0.483 e. The molecule has 2 unspecified atom stereocenters. The lowest BCUT2D eigenvalue weighted by Gasteiger charge is -2.48. The van der Waals surface area contributed by atoms with Gasteiger partial charge in [0.2, 0.25) is 0 Å². The molecule has 0 radical (unpaired) electrons. The molecule has 2 aromatic rings. The number of fused-ring (bicyclic) bond motifs is 3. The monoisotopic (exact) mass is 371 g/mol. The normalized spacial score (nSPS) is 24.9. The van der Waals surface area contributed by atoms with E-state index in [0.717, 1.165) is 36.9 Å². The van der Waals surface area contributed by atoms with Crippen LogP contribution in [0.4, 0.5) is 0 Å². The Bertz CT molecular complexity index is 926. The molecule has 2 atom stereocenters. The maximum Gasteiger partial charge on any atom is 0.336 e. The zero-order valence-corrected chi connectivity index (χ0v) is 16.0.